The lowest BCUT2D eigenvalue weighted by atomic mass is 9.92. The Morgan fingerprint density at radius 1 is 1.20 bits per heavy atom. The van der Waals surface area contributed by atoms with Crippen molar-refractivity contribution in [2.45, 2.75) is 34.1 Å². The number of anilines is 1. The van der Waals surface area contributed by atoms with E-state index in [1.807, 2.05) is 50.4 Å². The molecular formula is C20H23FN3O+. The van der Waals surface area contributed by atoms with Crippen LogP contribution in [0.25, 0.3) is 16.9 Å². The number of fused-ring (bicyclic) bond motifs is 1. The molecule has 0 aliphatic rings. The Morgan fingerprint density at radius 3 is 2.52 bits per heavy atom. The Balaban J connectivity index is 2.09. The van der Waals surface area contributed by atoms with E-state index in [1.54, 1.807) is 12.1 Å². The van der Waals surface area contributed by atoms with E-state index in [-0.39, 0.29) is 17.1 Å². The Kier molecular flexibility index (Phi) is 4.33. The molecule has 2 aromatic heterocycles. The van der Waals surface area contributed by atoms with Gasteiger partial charge in [-0.25, -0.2) is 14.1 Å². The van der Waals surface area contributed by atoms with Gasteiger partial charge < -0.3 is 0 Å². The highest BCUT2D eigenvalue weighted by Crippen LogP contribution is 2.27. The lowest BCUT2D eigenvalue weighted by Gasteiger charge is -2.15. The molecule has 3 aromatic rings. The van der Waals surface area contributed by atoms with Crippen LogP contribution in [0.4, 0.5) is 10.2 Å². The van der Waals surface area contributed by atoms with Gasteiger partial charge in [-0.2, -0.15) is 0 Å². The normalized spacial score (nSPS) is 11.7. The fraction of sp³-hybridized carbons (Fsp3) is 0.300. The van der Waals surface area contributed by atoms with Gasteiger partial charge in [0.2, 0.25) is 5.65 Å². The number of rotatable bonds is 3. The average Bonchev–Trinajstić information content (AvgIpc) is 2.83. The number of carbonyl (C=O) groups is 1. The van der Waals surface area contributed by atoms with Crippen LogP contribution in [0, 0.1) is 18.2 Å². The Morgan fingerprint density at radius 2 is 1.88 bits per heavy atom. The third kappa shape index (κ3) is 3.87. The van der Waals surface area contributed by atoms with Crippen molar-refractivity contribution in [1.29, 1.82) is 0 Å². The van der Waals surface area contributed by atoms with E-state index in [9.17, 15) is 9.18 Å². The molecule has 130 valence electrons. The minimum Gasteiger partial charge on any atom is -0.267 e. The zero-order chi connectivity index (χ0) is 18.2. The molecule has 0 bridgehead atoms. The molecular weight excluding hydrogens is 317 g/mol. The number of pyridine rings is 1. The maximum Gasteiger partial charge on any atom is 0.280 e. The Labute approximate surface area is 146 Å². The molecule has 0 radical (unpaired) electrons. The molecule has 3 rings (SSSR count). The van der Waals surface area contributed by atoms with E-state index in [2.05, 4.69) is 10.3 Å². The lowest BCUT2D eigenvalue weighted by molar-refractivity contribution is -0.494. The van der Waals surface area contributed by atoms with Crippen LogP contribution < -0.4 is 9.72 Å². The summed E-state index contributed by atoms with van der Waals surface area (Å²) in [5.74, 6) is 0.322. The summed E-state index contributed by atoms with van der Waals surface area (Å²) in [6.07, 6.45) is 2.33. The second-order valence-corrected chi connectivity index (χ2v) is 7.60. The van der Waals surface area contributed by atoms with Gasteiger partial charge in [-0.05, 0) is 48.2 Å². The fourth-order valence-corrected chi connectivity index (χ4v) is 2.81. The standard InChI is InChI=1S/C20H22FN3O/c1-13-9-10-24-16(11-13)22-18(14-5-7-15(21)8-6-14)19(24)23-17(25)12-20(2,3)4/h5-11H,12H2,1-4H3,(H,23,25)/p+1. The smallest absolute Gasteiger partial charge is 0.267 e. The minimum atomic E-state index is -0.290. The van der Waals surface area contributed by atoms with E-state index in [1.165, 1.54) is 12.1 Å². The molecule has 1 aromatic carbocycles. The number of nitrogens with one attached hydrogen (secondary N) is 2. The number of H-pyrrole nitrogens is 1. The van der Waals surface area contributed by atoms with Crippen LogP contribution in [0.5, 0.6) is 0 Å². The van der Waals surface area contributed by atoms with Crippen molar-refractivity contribution < 1.29 is 13.6 Å². The van der Waals surface area contributed by atoms with Gasteiger partial charge in [-0.1, -0.05) is 20.8 Å². The number of halogens is 1. The zero-order valence-electron chi connectivity index (χ0n) is 15.0. The van der Waals surface area contributed by atoms with Gasteiger partial charge in [0.1, 0.15) is 5.82 Å². The predicted molar refractivity (Wildman–Crippen MR) is 96.8 cm³/mol. The third-order valence-corrected chi connectivity index (χ3v) is 3.92. The van der Waals surface area contributed by atoms with Crippen molar-refractivity contribution in [2.24, 2.45) is 5.41 Å². The summed E-state index contributed by atoms with van der Waals surface area (Å²) in [7, 11) is 0. The van der Waals surface area contributed by atoms with Gasteiger partial charge >= 0.3 is 0 Å². The van der Waals surface area contributed by atoms with Crippen LogP contribution in [-0.2, 0) is 4.79 Å². The number of nitrogens with zero attached hydrogens (tertiary/aromatic N) is 1. The largest absolute Gasteiger partial charge is 0.280 e. The average molecular weight is 340 g/mol. The van der Waals surface area contributed by atoms with E-state index >= 15 is 0 Å². The van der Waals surface area contributed by atoms with E-state index < -0.39 is 0 Å². The van der Waals surface area contributed by atoms with Crippen molar-refractivity contribution in [3.05, 3.63) is 54.0 Å². The Hall–Kier alpha value is -2.69. The molecule has 2 N–H and O–H groups in total. The SMILES string of the molecule is Cc1cc[n+]2c(NC(=O)CC(C)(C)C)c(-c3ccc(F)cc3)[nH]c2c1. The topological polar surface area (TPSA) is 49.0 Å². The summed E-state index contributed by atoms with van der Waals surface area (Å²) in [5, 5.41) is 3.02. The molecule has 0 spiro atoms. The monoisotopic (exact) mass is 340 g/mol. The minimum absolute atomic E-state index is 0.0511. The van der Waals surface area contributed by atoms with Gasteiger partial charge in [0.25, 0.3) is 11.7 Å². The molecule has 0 unspecified atom stereocenters. The first kappa shape index (κ1) is 17.1. The van der Waals surface area contributed by atoms with Crippen molar-refractivity contribution >= 4 is 17.4 Å². The van der Waals surface area contributed by atoms with Crippen molar-refractivity contribution in [2.75, 3.05) is 5.32 Å². The van der Waals surface area contributed by atoms with Gasteiger partial charge in [-0.15, -0.1) is 0 Å². The molecule has 0 atom stereocenters. The molecule has 0 aliphatic heterocycles. The van der Waals surface area contributed by atoms with Crippen molar-refractivity contribution in [1.82, 2.24) is 4.98 Å². The number of aromatic amines is 1. The predicted octanol–water partition coefficient (Wildman–Crippen LogP) is 4.24. The van der Waals surface area contributed by atoms with E-state index in [4.69, 9.17) is 0 Å². The number of amides is 1. The second-order valence-electron chi connectivity index (χ2n) is 7.60. The number of aryl methyl sites for hydroxylation is 1. The van der Waals surface area contributed by atoms with Crippen LogP contribution in [0.1, 0.15) is 32.8 Å². The highest BCUT2D eigenvalue weighted by Gasteiger charge is 2.25. The number of hydrogen-bond donors (Lipinski definition) is 2. The first-order valence-corrected chi connectivity index (χ1v) is 8.33. The number of hydrogen-bond acceptors (Lipinski definition) is 1. The summed E-state index contributed by atoms with van der Waals surface area (Å²) in [5.41, 5.74) is 3.44. The quantitative estimate of drug-likeness (QED) is 0.688. The van der Waals surface area contributed by atoms with Crippen molar-refractivity contribution in [3.63, 3.8) is 0 Å². The zero-order valence-corrected chi connectivity index (χ0v) is 15.0. The molecule has 25 heavy (non-hydrogen) atoms. The molecule has 4 nitrogen and oxygen atoms in total. The van der Waals surface area contributed by atoms with Crippen molar-refractivity contribution in [3.8, 4) is 11.3 Å². The molecule has 0 aliphatic carbocycles. The summed E-state index contributed by atoms with van der Waals surface area (Å²) >= 11 is 0. The number of carbonyl (C=O) groups excluding carboxylic acids is 1. The maximum atomic E-state index is 13.3. The maximum absolute atomic E-state index is 13.3. The lowest BCUT2D eigenvalue weighted by Crippen LogP contribution is -2.28. The van der Waals surface area contributed by atoms with Crippen LogP contribution in [0.15, 0.2) is 42.6 Å². The second kappa shape index (κ2) is 6.31. The molecule has 0 fully saturated rings. The van der Waals surface area contributed by atoms with Gasteiger partial charge in [0.15, 0.2) is 5.69 Å². The van der Waals surface area contributed by atoms with Gasteiger partial charge in [0.05, 0.1) is 6.20 Å². The van der Waals surface area contributed by atoms with E-state index in [0.717, 1.165) is 22.5 Å². The molecule has 0 saturated carbocycles. The summed E-state index contributed by atoms with van der Waals surface area (Å²) in [6.45, 7) is 8.09. The fourth-order valence-electron chi connectivity index (χ4n) is 2.81. The van der Waals surface area contributed by atoms with Crippen LogP contribution in [0.3, 0.4) is 0 Å². The molecule has 2 heterocycles. The molecule has 1 amide bonds. The van der Waals surface area contributed by atoms with E-state index in [0.29, 0.717) is 12.2 Å². The van der Waals surface area contributed by atoms with Gasteiger partial charge in [0, 0.05) is 18.1 Å². The highest BCUT2D eigenvalue weighted by atomic mass is 19.1. The molecule has 5 heteroatoms. The number of imidazole rings is 1. The number of benzene rings is 1. The first-order chi connectivity index (χ1) is 11.7. The van der Waals surface area contributed by atoms with Crippen LogP contribution >= 0.6 is 0 Å². The summed E-state index contributed by atoms with van der Waals surface area (Å²) in [6, 6.07) is 10.2. The van der Waals surface area contributed by atoms with Crippen LogP contribution in [-0.4, -0.2) is 10.9 Å². The summed E-state index contributed by atoms with van der Waals surface area (Å²) < 4.78 is 15.2. The first-order valence-electron chi connectivity index (χ1n) is 8.33. The highest BCUT2D eigenvalue weighted by molar-refractivity contribution is 5.93. The van der Waals surface area contributed by atoms with Crippen LogP contribution in [0.2, 0.25) is 0 Å². The third-order valence-electron chi connectivity index (χ3n) is 3.92. The Bertz CT molecular complexity index is 921. The number of aromatic nitrogens is 2. The summed E-state index contributed by atoms with van der Waals surface area (Å²) in [4.78, 5) is 15.8. The van der Waals surface area contributed by atoms with Gasteiger partial charge in [-0.3, -0.25) is 9.78 Å². The molecule has 0 saturated heterocycles.